The lowest BCUT2D eigenvalue weighted by molar-refractivity contribution is 0.332. The van der Waals surface area contributed by atoms with Gasteiger partial charge in [0.15, 0.2) is 0 Å². The maximum Gasteiger partial charge on any atom is 0.120 e. The Morgan fingerprint density at radius 2 is 1.95 bits per heavy atom. The van der Waals surface area contributed by atoms with Crippen LogP contribution in [-0.2, 0) is 0 Å². The molecule has 2 aromatic carbocycles. The number of hydrogen-bond donors (Lipinski definition) is 1. The van der Waals surface area contributed by atoms with Crippen LogP contribution in [0.1, 0.15) is 5.56 Å². The average Bonchev–Trinajstić information content (AvgIpc) is 2.39. The standard InChI is InChI=1S/C15H15Br2NO/c1-11-5-6-14(17)15(9-11)18-7-8-19-13-4-2-3-12(16)10-13/h2-6,9-10,18H,7-8H2,1H3. The van der Waals surface area contributed by atoms with Crippen molar-refractivity contribution in [2.24, 2.45) is 0 Å². The van der Waals surface area contributed by atoms with E-state index in [4.69, 9.17) is 4.74 Å². The molecule has 2 rings (SSSR count). The number of ether oxygens (including phenoxy) is 1. The molecule has 2 aromatic rings. The topological polar surface area (TPSA) is 21.3 Å². The lowest BCUT2D eigenvalue weighted by Crippen LogP contribution is -2.11. The molecular formula is C15H15Br2NO. The molecule has 0 fully saturated rings. The van der Waals surface area contributed by atoms with E-state index in [1.165, 1.54) is 5.56 Å². The molecule has 0 saturated heterocycles. The third kappa shape index (κ3) is 4.55. The summed E-state index contributed by atoms with van der Waals surface area (Å²) in [7, 11) is 0. The van der Waals surface area contributed by atoms with E-state index < -0.39 is 0 Å². The number of aryl methyl sites for hydroxylation is 1. The molecule has 4 heteroatoms. The van der Waals surface area contributed by atoms with Crippen LogP contribution in [0.25, 0.3) is 0 Å². The summed E-state index contributed by atoms with van der Waals surface area (Å²) in [4.78, 5) is 0. The number of hydrogen-bond acceptors (Lipinski definition) is 2. The highest BCUT2D eigenvalue weighted by molar-refractivity contribution is 9.10. The van der Waals surface area contributed by atoms with Gasteiger partial charge in [-0.2, -0.15) is 0 Å². The number of benzene rings is 2. The molecule has 0 saturated carbocycles. The van der Waals surface area contributed by atoms with Crippen molar-refractivity contribution in [2.45, 2.75) is 6.92 Å². The van der Waals surface area contributed by atoms with Crippen LogP contribution in [-0.4, -0.2) is 13.2 Å². The van der Waals surface area contributed by atoms with Crippen LogP contribution in [0.15, 0.2) is 51.4 Å². The van der Waals surface area contributed by atoms with Crippen LogP contribution >= 0.6 is 31.9 Å². The quantitative estimate of drug-likeness (QED) is 0.731. The van der Waals surface area contributed by atoms with E-state index in [1.54, 1.807) is 0 Å². The zero-order valence-electron chi connectivity index (χ0n) is 10.6. The SMILES string of the molecule is Cc1ccc(Br)c(NCCOc2cccc(Br)c2)c1. The molecule has 1 N–H and O–H groups in total. The molecule has 0 aliphatic carbocycles. The lowest BCUT2D eigenvalue weighted by Gasteiger charge is -2.11. The molecule has 0 aliphatic heterocycles. The van der Waals surface area contributed by atoms with Gasteiger partial charge in [-0.1, -0.05) is 28.1 Å². The van der Waals surface area contributed by atoms with Crippen LogP contribution in [0.2, 0.25) is 0 Å². The van der Waals surface area contributed by atoms with Gasteiger partial charge in [0.2, 0.25) is 0 Å². The first-order valence-corrected chi connectivity index (χ1v) is 7.62. The zero-order chi connectivity index (χ0) is 13.7. The molecule has 0 unspecified atom stereocenters. The second-order valence-electron chi connectivity index (χ2n) is 4.22. The van der Waals surface area contributed by atoms with Crippen LogP contribution in [0.3, 0.4) is 0 Å². The summed E-state index contributed by atoms with van der Waals surface area (Å²) in [5, 5.41) is 3.36. The third-order valence-corrected chi connectivity index (χ3v) is 3.79. The summed E-state index contributed by atoms with van der Waals surface area (Å²) in [5.74, 6) is 0.875. The predicted molar refractivity (Wildman–Crippen MR) is 87.0 cm³/mol. The average molecular weight is 385 g/mol. The summed E-state index contributed by atoms with van der Waals surface area (Å²) in [6, 6.07) is 14.1. The Hall–Kier alpha value is -1.00. The molecule has 0 spiro atoms. The van der Waals surface area contributed by atoms with Gasteiger partial charge in [0, 0.05) is 21.2 Å². The number of rotatable bonds is 5. The molecule has 0 heterocycles. The van der Waals surface area contributed by atoms with Crippen LogP contribution in [0.5, 0.6) is 5.75 Å². The van der Waals surface area contributed by atoms with Gasteiger partial charge in [-0.15, -0.1) is 0 Å². The molecular weight excluding hydrogens is 370 g/mol. The van der Waals surface area contributed by atoms with Crippen LogP contribution in [0, 0.1) is 6.92 Å². The minimum atomic E-state index is 0.622. The van der Waals surface area contributed by atoms with Crippen molar-refractivity contribution in [3.63, 3.8) is 0 Å². The van der Waals surface area contributed by atoms with E-state index in [-0.39, 0.29) is 0 Å². The van der Waals surface area contributed by atoms with Crippen molar-refractivity contribution in [1.82, 2.24) is 0 Å². The second kappa shape index (κ2) is 6.96. The number of halogens is 2. The fourth-order valence-corrected chi connectivity index (χ4v) is 2.45. The Morgan fingerprint density at radius 1 is 1.11 bits per heavy atom. The molecule has 100 valence electrons. The predicted octanol–water partition coefficient (Wildman–Crippen LogP) is 5.01. The first-order valence-electron chi connectivity index (χ1n) is 6.03. The van der Waals surface area contributed by atoms with Gasteiger partial charge < -0.3 is 10.1 Å². The maximum absolute atomic E-state index is 5.67. The van der Waals surface area contributed by atoms with Gasteiger partial charge in [0.05, 0.1) is 0 Å². The minimum absolute atomic E-state index is 0.622. The van der Waals surface area contributed by atoms with Crippen LogP contribution < -0.4 is 10.1 Å². The Balaban J connectivity index is 1.82. The molecule has 0 amide bonds. The molecule has 0 radical (unpaired) electrons. The summed E-state index contributed by atoms with van der Waals surface area (Å²) < 4.78 is 7.77. The molecule has 0 aliphatic rings. The molecule has 0 aromatic heterocycles. The van der Waals surface area contributed by atoms with E-state index in [0.29, 0.717) is 6.61 Å². The minimum Gasteiger partial charge on any atom is -0.492 e. The van der Waals surface area contributed by atoms with E-state index in [0.717, 1.165) is 26.9 Å². The van der Waals surface area contributed by atoms with Crippen molar-refractivity contribution in [1.29, 1.82) is 0 Å². The molecule has 2 nitrogen and oxygen atoms in total. The van der Waals surface area contributed by atoms with E-state index in [1.807, 2.05) is 30.3 Å². The molecule has 0 atom stereocenters. The second-order valence-corrected chi connectivity index (χ2v) is 5.99. The summed E-state index contributed by atoms with van der Waals surface area (Å²) in [6.45, 7) is 3.46. The first-order chi connectivity index (χ1) is 9.15. The molecule has 19 heavy (non-hydrogen) atoms. The number of anilines is 1. The Morgan fingerprint density at radius 3 is 2.74 bits per heavy atom. The fourth-order valence-electron chi connectivity index (χ4n) is 1.69. The Labute approximate surface area is 130 Å². The van der Waals surface area contributed by atoms with Crippen molar-refractivity contribution in [2.75, 3.05) is 18.5 Å². The van der Waals surface area contributed by atoms with Gasteiger partial charge in [-0.25, -0.2) is 0 Å². The van der Waals surface area contributed by atoms with Gasteiger partial charge in [-0.3, -0.25) is 0 Å². The summed E-state index contributed by atoms with van der Waals surface area (Å²) in [5.41, 5.74) is 2.33. The van der Waals surface area contributed by atoms with Crippen molar-refractivity contribution in [3.05, 3.63) is 57.0 Å². The fraction of sp³-hybridized carbons (Fsp3) is 0.200. The van der Waals surface area contributed by atoms with Gasteiger partial charge in [0.25, 0.3) is 0 Å². The van der Waals surface area contributed by atoms with E-state index >= 15 is 0 Å². The normalized spacial score (nSPS) is 10.3. The highest BCUT2D eigenvalue weighted by Crippen LogP contribution is 2.23. The molecule has 0 bridgehead atoms. The Bertz CT molecular complexity index is 558. The lowest BCUT2D eigenvalue weighted by atomic mass is 10.2. The summed E-state index contributed by atoms with van der Waals surface area (Å²) >= 11 is 6.95. The zero-order valence-corrected chi connectivity index (χ0v) is 13.8. The monoisotopic (exact) mass is 383 g/mol. The third-order valence-electron chi connectivity index (χ3n) is 2.60. The highest BCUT2D eigenvalue weighted by Gasteiger charge is 1.99. The largest absolute Gasteiger partial charge is 0.492 e. The van der Waals surface area contributed by atoms with E-state index in [9.17, 15) is 0 Å². The van der Waals surface area contributed by atoms with Gasteiger partial charge in [-0.05, 0) is 58.7 Å². The van der Waals surface area contributed by atoms with Crippen molar-refractivity contribution >= 4 is 37.5 Å². The summed E-state index contributed by atoms with van der Waals surface area (Å²) in [6.07, 6.45) is 0. The van der Waals surface area contributed by atoms with E-state index in [2.05, 4.69) is 56.2 Å². The highest BCUT2D eigenvalue weighted by atomic mass is 79.9. The van der Waals surface area contributed by atoms with Crippen LogP contribution in [0.4, 0.5) is 5.69 Å². The number of nitrogens with one attached hydrogen (secondary N) is 1. The van der Waals surface area contributed by atoms with Gasteiger partial charge in [0.1, 0.15) is 12.4 Å². The van der Waals surface area contributed by atoms with Gasteiger partial charge >= 0.3 is 0 Å². The van der Waals surface area contributed by atoms with Crippen molar-refractivity contribution < 1.29 is 4.74 Å². The Kier molecular flexibility index (Phi) is 5.28. The smallest absolute Gasteiger partial charge is 0.120 e. The maximum atomic E-state index is 5.67. The van der Waals surface area contributed by atoms with Crippen molar-refractivity contribution in [3.8, 4) is 5.75 Å². The first kappa shape index (κ1) is 14.4.